The molecule has 25 heavy (non-hydrogen) atoms. The van der Waals surface area contributed by atoms with E-state index in [9.17, 15) is 4.79 Å². The van der Waals surface area contributed by atoms with Crippen molar-refractivity contribution in [2.75, 3.05) is 13.7 Å². The first-order chi connectivity index (χ1) is 12.1. The summed E-state index contributed by atoms with van der Waals surface area (Å²) >= 11 is 6.14. The molecule has 0 aliphatic carbocycles. The standard InChI is InChI=1S/C20H24ClNO3/c1-3-19(25-17-11-6-10-16(14-17)24-2)20(23)22-13-7-9-15-8-4-5-12-18(15)21/h4-6,8,10-12,14,19H,3,7,9,13H2,1-2H3,(H,22,23)/t19-/m1/s1. The lowest BCUT2D eigenvalue weighted by Gasteiger charge is -2.17. The Morgan fingerprint density at radius 3 is 2.64 bits per heavy atom. The maximum absolute atomic E-state index is 12.3. The Morgan fingerprint density at radius 1 is 1.16 bits per heavy atom. The number of hydrogen-bond donors (Lipinski definition) is 1. The molecule has 0 heterocycles. The number of carbonyl (C=O) groups excluding carboxylic acids is 1. The summed E-state index contributed by atoms with van der Waals surface area (Å²) in [5.74, 6) is 1.22. The molecule has 2 aromatic carbocycles. The molecular weight excluding hydrogens is 338 g/mol. The van der Waals surface area contributed by atoms with Crippen LogP contribution in [0.3, 0.4) is 0 Å². The smallest absolute Gasteiger partial charge is 0.261 e. The first-order valence-electron chi connectivity index (χ1n) is 8.46. The van der Waals surface area contributed by atoms with Crippen molar-refractivity contribution >= 4 is 17.5 Å². The number of amides is 1. The first kappa shape index (κ1) is 19.1. The number of nitrogens with one attached hydrogen (secondary N) is 1. The van der Waals surface area contributed by atoms with Crippen molar-refractivity contribution in [3.8, 4) is 11.5 Å². The molecule has 5 heteroatoms. The van der Waals surface area contributed by atoms with Crippen LogP contribution in [0, 0.1) is 0 Å². The van der Waals surface area contributed by atoms with Crippen LogP contribution >= 0.6 is 11.6 Å². The van der Waals surface area contributed by atoms with Crippen LogP contribution in [0.15, 0.2) is 48.5 Å². The maximum atomic E-state index is 12.3. The third-order valence-electron chi connectivity index (χ3n) is 3.86. The molecule has 134 valence electrons. The molecule has 0 aliphatic rings. The van der Waals surface area contributed by atoms with Crippen molar-refractivity contribution in [3.63, 3.8) is 0 Å². The van der Waals surface area contributed by atoms with Crippen molar-refractivity contribution < 1.29 is 14.3 Å². The van der Waals surface area contributed by atoms with E-state index in [1.807, 2.05) is 49.4 Å². The average molecular weight is 362 g/mol. The predicted octanol–water partition coefficient (Wildman–Crippen LogP) is 4.26. The van der Waals surface area contributed by atoms with Crippen LogP contribution in [0.4, 0.5) is 0 Å². The largest absolute Gasteiger partial charge is 0.497 e. The molecule has 0 aromatic heterocycles. The van der Waals surface area contributed by atoms with Crippen LogP contribution in [0.1, 0.15) is 25.3 Å². The molecule has 0 fully saturated rings. The molecule has 1 N–H and O–H groups in total. The second-order valence-electron chi connectivity index (χ2n) is 5.68. The number of hydrogen-bond acceptors (Lipinski definition) is 3. The van der Waals surface area contributed by atoms with Crippen LogP contribution in [-0.4, -0.2) is 25.7 Å². The van der Waals surface area contributed by atoms with Gasteiger partial charge in [-0.25, -0.2) is 0 Å². The lowest BCUT2D eigenvalue weighted by molar-refractivity contribution is -0.128. The maximum Gasteiger partial charge on any atom is 0.261 e. The fourth-order valence-corrected chi connectivity index (χ4v) is 2.70. The number of aryl methyl sites for hydroxylation is 1. The molecule has 0 radical (unpaired) electrons. The Balaban J connectivity index is 1.80. The minimum Gasteiger partial charge on any atom is -0.497 e. The summed E-state index contributed by atoms with van der Waals surface area (Å²) in [6.45, 7) is 2.51. The van der Waals surface area contributed by atoms with Crippen molar-refractivity contribution in [3.05, 3.63) is 59.1 Å². The van der Waals surface area contributed by atoms with Gasteiger partial charge in [-0.15, -0.1) is 0 Å². The first-order valence-corrected chi connectivity index (χ1v) is 8.83. The van der Waals surface area contributed by atoms with Gasteiger partial charge in [0.2, 0.25) is 0 Å². The Hall–Kier alpha value is -2.20. The van der Waals surface area contributed by atoms with Gasteiger partial charge in [0, 0.05) is 17.6 Å². The fraction of sp³-hybridized carbons (Fsp3) is 0.350. The molecule has 0 aliphatic heterocycles. The number of carbonyl (C=O) groups is 1. The highest BCUT2D eigenvalue weighted by molar-refractivity contribution is 6.31. The van der Waals surface area contributed by atoms with E-state index in [-0.39, 0.29) is 5.91 Å². The Labute approximate surface area is 154 Å². The zero-order valence-corrected chi connectivity index (χ0v) is 15.4. The van der Waals surface area contributed by atoms with Gasteiger partial charge in [-0.2, -0.15) is 0 Å². The van der Waals surface area contributed by atoms with E-state index >= 15 is 0 Å². The molecule has 2 aromatic rings. The number of halogens is 1. The average Bonchev–Trinajstić information content (AvgIpc) is 2.64. The van der Waals surface area contributed by atoms with Gasteiger partial charge in [0.05, 0.1) is 7.11 Å². The topological polar surface area (TPSA) is 47.6 Å². The van der Waals surface area contributed by atoms with Crippen molar-refractivity contribution in [2.45, 2.75) is 32.3 Å². The van der Waals surface area contributed by atoms with Crippen molar-refractivity contribution in [1.82, 2.24) is 5.32 Å². The quantitative estimate of drug-likeness (QED) is 0.679. The van der Waals surface area contributed by atoms with Crippen LogP contribution in [-0.2, 0) is 11.2 Å². The Bertz CT molecular complexity index is 690. The minimum absolute atomic E-state index is 0.107. The summed E-state index contributed by atoms with van der Waals surface area (Å²) < 4.78 is 11.0. The van der Waals surface area contributed by atoms with Crippen LogP contribution in [0.5, 0.6) is 11.5 Å². The molecule has 0 spiro atoms. The molecule has 0 unspecified atom stereocenters. The van der Waals surface area contributed by atoms with Gasteiger partial charge >= 0.3 is 0 Å². The molecule has 0 saturated carbocycles. The van der Waals surface area contributed by atoms with Crippen LogP contribution < -0.4 is 14.8 Å². The number of benzene rings is 2. The normalized spacial score (nSPS) is 11.6. The van der Waals surface area contributed by atoms with Crippen molar-refractivity contribution in [1.29, 1.82) is 0 Å². The summed E-state index contributed by atoms with van der Waals surface area (Å²) in [5.41, 5.74) is 1.10. The molecule has 1 amide bonds. The lowest BCUT2D eigenvalue weighted by Crippen LogP contribution is -2.38. The van der Waals surface area contributed by atoms with Gasteiger partial charge in [-0.05, 0) is 43.0 Å². The minimum atomic E-state index is -0.521. The number of ether oxygens (including phenoxy) is 2. The van der Waals surface area contributed by atoms with E-state index in [2.05, 4.69) is 5.32 Å². The van der Waals surface area contributed by atoms with Crippen LogP contribution in [0.25, 0.3) is 0 Å². The van der Waals surface area contributed by atoms with E-state index in [1.165, 1.54) is 0 Å². The summed E-state index contributed by atoms with van der Waals surface area (Å²) in [5, 5.41) is 3.70. The van der Waals surface area contributed by atoms with E-state index in [0.717, 1.165) is 23.4 Å². The zero-order chi connectivity index (χ0) is 18.1. The molecular formula is C20H24ClNO3. The van der Waals surface area contributed by atoms with E-state index < -0.39 is 6.10 Å². The fourth-order valence-electron chi connectivity index (χ4n) is 2.47. The van der Waals surface area contributed by atoms with E-state index in [4.69, 9.17) is 21.1 Å². The second-order valence-corrected chi connectivity index (χ2v) is 6.09. The molecule has 4 nitrogen and oxygen atoms in total. The highest BCUT2D eigenvalue weighted by Gasteiger charge is 2.18. The number of methoxy groups -OCH3 is 1. The summed E-state index contributed by atoms with van der Waals surface area (Å²) in [6.07, 6.45) is 1.72. The molecule has 2 rings (SSSR count). The molecule has 0 saturated heterocycles. The van der Waals surface area contributed by atoms with Crippen LogP contribution in [0.2, 0.25) is 5.02 Å². The van der Waals surface area contributed by atoms with E-state index in [0.29, 0.717) is 24.5 Å². The van der Waals surface area contributed by atoms with Gasteiger partial charge in [0.15, 0.2) is 6.10 Å². The Morgan fingerprint density at radius 2 is 1.92 bits per heavy atom. The van der Waals surface area contributed by atoms with Gasteiger partial charge in [0.1, 0.15) is 11.5 Å². The lowest BCUT2D eigenvalue weighted by atomic mass is 10.1. The Kier molecular flexibility index (Phi) is 7.61. The second kappa shape index (κ2) is 9.94. The van der Waals surface area contributed by atoms with Crippen molar-refractivity contribution in [2.24, 2.45) is 0 Å². The molecule has 0 bridgehead atoms. The SMILES string of the molecule is CC[C@@H](Oc1cccc(OC)c1)C(=O)NCCCc1ccccc1Cl. The van der Waals surface area contributed by atoms with Gasteiger partial charge in [-0.3, -0.25) is 4.79 Å². The zero-order valence-electron chi connectivity index (χ0n) is 14.6. The van der Waals surface area contributed by atoms with Gasteiger partial charge in [-0.1, -0.05) is 42.8 Å². The predicted molar refractivity (Wildman–Crippen MR) is 100 cm³/mol. The summed E-state index contributed by atoms with van der Waals surface area (Å²) in [6, 6.07) is 15.0. The van der Waals surface area contributed by atoms with Gasteiger partial charge < -0.3 is 14.8 Å². The number of rotatable bonds is 9. The summed E-state index contributed by atoms with van der Waals surface area (Å²) in [4.78, 5) is 12.3. The van der Waals surface area contributed by atoms with Gasteiger partial charge in [0.25, 0.3) is 5.91 Å². The highest BCUT2D eigenvalue weighted by Crippen LogP contribution is 2.21. The highest BCUT2D eigenvalue weighted by atomic mass is 35.5. The molecule has 1 atom stereocenters. The summed E-state index contributed by atoms with van der Waals surface area (Å²) in [7, 11) is 1.60. The third-order valence-corrected chi connectivity index (χ3v) is 4.23. The monoisotopic (exact) mass is 361 g/mol. The third kappa shape index (κ3) is 5.98. The van der Waals surface area contributed by atoms with E-state index in [1.54, 1.807) is 13.2 Å².